The number of nitrogens with zero attached hydrogens (tertiary/aromatic N) is 3. The topological polar surface area (TPSA) is 99.3 Å². The maximum Gasteiger partial charge on any atom is 0.273 e. The molecule has 0 unspecified atom stereocenters. The molecule has 0 bridgehead atoms. The number of nitriles is 1. The van der Waals surface area contributed by atoms with Gasteiger partial charge in [0, 0.05) is 18.2 Å². The van der Waals surface area contributed by atoms with Crippen LogP contribution in [0.5, 0.6) is 0 Å². The molecule has 0 radical (unpaired) electrons. The van der Waals surface area contributed by atoms with Crippen molar-refractivity contribution in [3.63, 3.8) is 0 Å². The number of benzene rings is 1. The largest absolute Gasteiger partial charge is 0.337 e. The van der Waals surface area contributed by atoms with Crippen molar-refractivity contribution in [2.45, 2.75) is 39.8 Å². The molecule has 0 saturated heterocycles. The van der Waals surface area contributed by atoms with Gasteiger partial charge >= 0.3 is 0 Å². The van der Waals surface area contributed by atoms with Gasteiger partial charge < -0.3 is 5.32 Å². The number of nitro groups is 1. The summed E-state index contributed by atoms with van der Waals surface area (Å²) in [5.41, 5.74) is -0.334. The Balaban J connectivity index is 2.81. The fraction of sp³-hybridized carbons (Fsp3) is 0.529. The quantitative estimate of drug-likeness (QED) is 0.582. The first-order valence-corrected chi connectivity index (χ1v) is 7.90. The number of likely N-dealkylation sites (N-methyl/N-ethyl adjacent to an activating group) is 1. The standard InChI is InChI=1S/C17H24N4O3/c1-5-20(10-14-8-6-7-9-15(14)21(23)24)11-16(22)19-17(4,12-18)13(2)3/h6-9,13H,5,10-11H2,1-4H3,(H,19,22)/t17-/m1/s1. The first-order chi connectivity index (χ1) is 11.2. The van der Waals surface area contributed by atoms with Crippen molar-refractivity contribution in [1.29, 1.82) is 5.26 Å². The average molecular weight is 332 g/mol. The highest BCUT2D eigenvalue weighted by Crippen LogP contribution is 2.19. The maximum atomic E-state index is 12.3. The fourth-order valence-corrected chi connectivity index (χ4v) is 2.18. The molecule has 0 aliphatic heterocycles. The molecule has 0 aromatic heterocycles. The zero-order valence-corrected chi connectivity index (χ0v) is 14.6. The van der Waals surface area contributed by atoms with E-state index in [2.05, 4.69) is 11.4 Å². The van der Waals surface area contributed by atoms with Crippen LogP contribution >= 0.6 is 0 Å². The second-order valence-corrected chi connectivity index (χ2v) is 6.21. The molecular formula is C17H24N4O3. The Bertz CT molecular complexity index is 639. The number of carbonyl (C=O) groups is 1. The highest BCUT2D eigenvalue weighted by atomic mass is 16.6. The third-order valence-corrected chi connectivity index (χ3v) is 4.18. The molecule has 130 valence electrons. The number of hydrogen-bond acceptors (Lipinski definition) is 5. The molecule has 0 spiro atoms. The minimum absolute atomic E-state index is 0.0308. The van der Waals surface area contributed by atoms with Gasteiger partial charge in [-0.25, -0.2) is 0 Å². The van der Waals surface area contributed by atoms with Gasteiger partial charge in [-0.1, -0.05) is 39.0 Å². The number of nitrogens with one attached hydrogen (secondary N) is 1. The molecule has 0 aliphatic carbocycles. The molecule has 1 aromatic carbocycles. The summed E-state index contributed by atoms with van der Waals surface area (Å²) in [4.78, 5) is 24.7. The van der Waals surface area contributed by atoms with Crippen molar-refractivity contribution in [1.82, 2.24) is 10.2 Å². The van der Waals surface area contributed by atoms with E-state index in [4.69, 9.17) is 0 Å². The van der Waals surface area contributed by atoms with Crippen molar-refractivity contribution in [3.8, 4) is 6.07 Å². The van der Waals surface area contributed by atoms with Crippen molar-refractivity contribution in [3.05, 3.63) is 39.9 Å². The summed E-state index contributed by atoms with van der Waals surface area (Å²) < 4.78 is 0. The molecule has 1 aromatic rings. The summed E-state index contributed by atoms with van der Waals surface area (Å²) in [5.74, 6) is -0.301. The van der Waals surface area contributed by atoms with E-state index in [9.17, 15) is 20.2 Å². The molecule has 1 atom stereocenters. The zero-order chi connectivity index (χ0) is 18.3. The Labute approximate surface area is 142 Å². The summed E-state index contributed by atoms with van der Waals surface area (Å²) in [6, 6.07) is 8.63. The highest BCUT2D eigenvalue weighted by molar-refractivity contribution is 5.79. The van der Waals surface area contributed by atoms with Gasteiger partial charge in [-0.2, -0.15) is 5.26 Å². The SMILES string of the molecule is CCN(CC(=O)N[C@](C)(C#N)C(C)C)Cc1ccccc1[N+](=O)[O-]. The van der Waals surface area contributed by atoms with E-state index in [0.29, 0.717) is 18.7 Å². The lowest BCUT2D eigenvalue weighted by molar-refractivity contribution is -0.385. The molecular weight excluding hydrogens is 308 g/mol. The number of hydrogen-bond donors (Lipinski definition) is 1. The van der Waals surface area contributed by atoms with Gasteiger partial charge in [0.1, 0.15) is 5.54 Å². The van der Waals surface area contributed by atoms with Crippen LogP contribution in [0.1, 0.15) is 33.3 Å². The van der Waals surface area contributed by atoms with Crippen LogP contribution < -0.4 is 5.32 Å². The molecule has 0 fully saturated rings. The average Bonchev–Trinajstić information content (AvgIpc) is 2.53. The first-order valence-electron chi connectivity index (χ1n) is 7.90. The van der Waals surface area contributed by atoms with E-state index >= 15 is 0 Å². The second kappa shape index (κ2) is 8.41. The van der Waals surface area contributed by atoms with E-state index in [-0.39, 0.29) is 24.1 Å². The molecule has 24 heavy (non-hydrogen) atoms. The Morgan fingerprint density at radius 2 is 2.08 bits per heavy atom. The van der Waals surface area contributed by atoms with Crippen LogP contribution in [0.2, 0.25) is 0 Å². The van der Waals surface area contributed by atoms with E-state index in [1.165, 1.54) is 6.07 Å². The van der Waals surface area contributed by atoms with Gasteiger partial charge in [-0.05, 0) is 19.4 Å². The molecule has 1 N–H and O–H groups in total. The van der Waals surface area contributed by atoms with Crippen LogP contribution in [0.15, 0.2) is 24.3 Å². The minimum Gasteiger partial charge on any atom is -0.337 e. The smallest absolute Gasteiger partial charge is 0.273 e. The van der Waals surface area contributed by atoms with Gasteiger partial charge in [0.25, 0.3) is 5.69 Å². The third kappa shape index (κ3) is 5.03. The molecule has 1 amide bonds. The van der Waals surface area contributed by atoms with Crippen molar-refractivity contribution in [2.24, 2.45) is 5.92 Å². The minimum atomic E-state index is -0.935. The Morgan fingerprint density at radius 1 is 1.46 bits per heavy atom. The Morgan fingerprint density at radius 3 is 2.58 bits per heavy atom. The first kappa shape index (κ1) is 19.6. The lowest BCUT2D eigenvalue weighted by Crippen LogP contribution is -2.51. The second-order valence-electron chi connectivity index (χ2n) is 6.21. The van der Waals surface area contributed by atoms with Crippen LogP contribution in [0.25, 0.3) is 0 Å². The predicted octanol–water partition coefficient (Wildman–Crippen LogP) is 2.47. The Kier molecular flexibility index (Phi) is 6.86. The van der Waals surface area contributed by atoms with Gasteiger partial charge in [-0.15, -0.1) is 0 Å². The molecule has 1 rings (SSSR count). The lowest BCUT2D eigenvalue weighted by atomic mass is 9.90. The van der Waals surface area contributed by atoms with Crippen molar-refractivity contribution < 1.29 is 9.72 Å². The van der Waals surface area contributed by atoms with Crippen LogP contribution in [0, 0.1) is 27.4 Å². The summed E-state index contributed by atoms with van der Waals surface area (Å²) in [6.07, 6.45) is 0. The molecule has 7 nitrogen and oxygen atoms in total. The van der Waals surface area contributed by atoms with E-state index in [1.54, 1.807) is 30.0 Å². The normalized spacial score (nSPS) is 13.4. The number of para-hydroxylation sites is 1. The molecule has 0 aliphatic rings. The van der Waals surface area contributed by atoms with E-state index < -0.39 is 10.5 Å². The van der Waals surface area contributed by atoms with E-state index in [0.717, 1.165) is 0 Å². The lowest BCUT2D eigenvalue weighted by Gasteiger charge is -2.29. The number of carbonyl (C=O) groups excluding carboxylic acids is 1. The summed E-state index contributed by atoms with van der Waals surface area (Å²) in [7, 11) is 0. The number of nitro benzene ring substituents is 1. The number of amides is 1. The summed E-state index contributed by atoms with van der Waals surface area (Å²) in [5, 5.41) is 23.1. The van der Waals surface area contributed by atoms with E-state index in [1.807, 2.05) is 20.8 Å². The van der Waals surface area contributed by atoms with Crippen LogP contribution in [0.3, 0.4) is 0 Å². The van der Waals surface area contributed by atoms with Crippen LogP contribution in [-0.4, -0.2) is 34.4 Å². The molecule has 0 saturated carbocycles. The van der Waals surface area contributed by atoms with Crippen LogP contribution in [-0.2, 0) is 11.3 Å². The van der Waals surface area contributed by atoms with Gasteiger partial charge in [0.05, 0.1) is 17.5 Å². The number of rotatable bonds is 8. The monoisotopic (exact) mass is 332 g/mol. The molecule has 7 heteroatoms. The highest BCUT2D eigenvalue weighted by Gasteiger charge is 2.30. The molecule has 0 heterocycles. The summed E-state index contributed by atoms with van der Waals surface area (Å²) >= 11 is 0. The zero-order valence-electron chi connectivity index (χ0n) is 14.6. The fourth-order valence-electron chi connectivity index (χ4n) is 2.18. The van der Waals surface area contributed by atoms with Gasteiger partial charge in [0.2, 0.25) is 5.91 Å². The summed E-state index contributed by atoms with van der Waals surface area (Å²) in [6.45, 7) is 8.24. The van der Waals surface area contributed by atoms with Crippen molar-refractivity contribution >= 4 is 11.6 Å². The third-order valence-electron chi connectivity index (χ3n) is 4.18. The Hall–Kier alpha value is -2.46. The predicted molar refractivity (Wildman–Crippen MR) is 91.0 cm³/mol. The van der Waals surface area contributed by atoms with Gasteiger partial charge in [0.15, 0.2) is 0 Å². The van der Waals surface area contributed by atoms with Crippen molar-refractivity contribution in [2.75, 3.05) is 13.1 Å². The maximum absolute atomic E-state index is 12.3. The van der Waals surface area contributed by atoms with Gasteiger partial charge in [-0.3, -0.25) is 19.8 Å². The van der Waals surface area contributed by atoms with Crippen LogP contribution in [0.4, 0.5) is 5.69 Å².